The van der Waals surface area contributed by atoms with E-state index in [2.05, 4.69) is 45.6 Å². The third-order valence-corrected chi connectivity index (χ3v) is 4.99. The van der Waals surface area contributed by atoms with Crippen molar-refractivity contribution in [1.29, 1.82) is 0 Å². The lowest BCUT2D eigenvalue weighted by Gasteiger charge is -2.15. The van der Waals surface area contributed by atoms with E-state index in [0.29, 0.717) is 6.42 Å². The molecule has 0 aliphatic heterocycles. The minimum Gasteiger partial charge on any atom is -0.331 e. The lowest BCUT2D eigenvalue weighted by molar-refractivity contribution is 0.662. The highest BCUT2D eigenvalue weighted by Gasteiger charge is 2.15. The fraction of sp³-hybridized carbons (Fsp3) is 0.235. The van der Waals surface area contributed by atoms with E-state index in [1.807, 2.05) is 31.3 Å². The molecule has 3 nitrogen and oxygen atoms in total. The topological polar surface area (TPSA) is 43.8 Å². The summed E-state index contributed by atoms with van der Waals surface area (Å²) in [4.78, 5) is 4.70. The monoisotopic (exact) mass is 343 g/mol. The molecule has 0 amide bonds. The van der Waals surface area contributed by atoms with Gasteiger partial charge in [-0.05, 0) is 30.2 Å². The zero-order valence-electron chi connectivity index (χ0n) is 12.2. The molecule has 0 saturated carbocycles. The fourth-order valence-electron chi connectivity index (χ4n) is 2.64. The number of halogens is 1. The van der Waals surface area contributed by atoms with Gasteiger partial charge in [0.25, 0.3) is 0 Å². The summed E-state index contributed by atoms with van der Waals surface area (Å²) in [6, 6.07) is 14.3. The maximum Gasteiger partial charge on any atom is 0.111 e. The van der Waals surface area contributed by atoms with Crippen LogP contribution in [0.25, 0.3) is 11.0 Å². The molecule has 3 aromatic rings. The van der Waals surface area contributed by atoms with Crippen LogP contribution < -0.4 is 5.73 Å². The summed E-state index contributed by atoms with van der Waals surface area (Å²) in [6.07, 6.45) is 0.716. The van der Waals surface area contributed by atoms with Crippen molar-refractivity contribution in [3.8, 4) is 0 Å². The molecular weight excluding hydrogens is 326 g/mol. The first kappa shape index (κ1) is 14.3. The minimum absolute atomic E-state index is 0.0743. The van der Waals surface area contributed by atoms with E-state index in [9.17, 15) is 0 Å². The van der Waals surface area contributed by atoms with Gasteiger partial charge in [0.05, 0.1) is 11.0 Å². The Labute approximate surface area is 132 Å². The third-order valence-electron chi connectivity index (χ3n) is 3.90. The molecule has 108 valence electrons. The van der Waals surface area contributed by atoms with Gasteiger partial charge < -0.3 is 10.3 Å². The molecular formula is C17H18BrN3. The highest BCUT2D eigenvalue weighted by atomic mass is 79.9. The molecule has 1 unspecified atom stereocenters. The normalized spacial score (nSPS) is 12.8. The number of imidazole rings is 1. The molecule has 0 bridgehead atoms. The lowest BCUT2D eigenvalue weighted by Crippen LogP contribution is -2.16. The molecule has 0 aliphatic carbocycles. The van der Waals surface area contributed by atoms with Gasteiger partial charge in [-0.1, -0.05) is 46.3 Å². The van der Waals surface area contributed by atoms with Crippen LogP contribution in [-0.4, -0.2) is 9.55 Å². The number of fused-ring (bicyclic) bond motifs is 1. The van der Waals surface area contributed by atoms with E-state index >= 15 is 0 Å². The van der Waals surface area contributed by atoms with E-state index in [1.54, 1.807) is 0 Å². The Hall–Kier alpha value is -1.65. The van der Waals surface area contributed by atoms with Crippen LogP contribution in [0.3, 0.4) is 0 Å². The summed E-state index contributed by atoms with van der Waals surface area (Å²) in [5, 5.41) is 0. The predicted octanol–water partition coefficient (Wildman–Crippen LogP) is 3.89. The van der Waals surface area contributed by atoms with Gasteiger partial charge in [0.15, 0.2) is 0 Å². The van der Waals surface area contributed by atoms with Crippen molar-refractivity contribution in [2.45, 2.75) is 19.4 Å². The number of nitrogens with two attached hydrogens (primary N) is 1. The van der Waals surface area contributed by atoms with Gasteiger partial charge in [0.2, 0.25) is 0 Å². The zero-order chi connectivity index (χ0) is 15.0. The maximum absolute atomic E-state index is 6.40. The molecule has 0 radical (unpaired) electrons. The number of aromatic nitrogens is 2. The molecule has 0 fully saturated rings. The van der Waals surface area contributed by atoms with Gasteiger partial charge in [-0.15, -0.1) is 0 Å². The highest BCUT2D eigenvalue weighted by Crippen LogP contribution is 2.27. The summed E-state index contributed by atoms with van der Waals surface area (Å²) >= 11 is 3.64. The zero-order valence-corrected chi connectivity index (χ0v) is 13.8. The summed E-state index contributed by atoms with van der Waals surface area (Å²) in [5.74, 6) is 1.01. The summed E-state index contributed by atoms with van der Waals surface area (Å²) in [5.41, 5.74) is 10.9. The Balaban J connectivity index is 1.94. The van der Waals surface area contributed by atoms with Gasteiger partial charge in [-0.25, -0.2) is 4.98 Å². The second-order valence-electron chi connectivity index (χ2n) is 5.36. The van der Waals surface area contributed by atoms with Gasteiger partial charge in [-0.3, -0.25) is 0 Å². The van der Waals surface area contributed by atoms with Crippen LogP contribution in [0, 0.1) is 6.92 Å². The van der Waals surface area contributed by atoms with Gasteiger partial charge in [0.1, 0.15) is 5.82 Å². The molecule has 0 saturated heterocycles. The first-order valence-electron chi connectivity index (χ1n) is 6.99. The molecule has 0 spiro atoms. The first-order chi connectivity index (χ1) is 10.1. The van der Waals surface area contributed by atoms with Crippen molar-refractivity contribution < 1.29 is 0 Å². The van der Waals surface area contributed by atoms with Gasteiger partial charge in [0, 0.05) is 24.0 Å². The summed E-state index contributed by atoms with van der Waals surface area (Å²) < 4.78 is 3.22. The molecule has 1 heterocycles. The van der Waals surface area contributed by atoms with E-state index < -0.39 is 0 Å². The minimum atomic E-state index is -0.0743. The molecule has 1 aromatic heterocycles. The molecule has 2 N–H and O–H groups in total. The van der Waals surface area contributed by atoms with Crippen LogP contribution >= 0.6 is 15.9 Å². The van der Waals surface area contributed by atoms with Crippen molar-refractivity contribution >= 4 is 27.0 Å². The number of hydrogen-bond donors (Lipinski definition) is 1. The predicted molar refractivity (Wildman–Crippen MR) is 90.2 cm³/mol. The van der Waals surface area contributed by atoms with Gasteiger partial charge >= 0.3 is 0 Å². The van der Waals surface area contributed by atoms with Crippen molar-refractivity contribution in [3.05, 3.63) is 63.9 Å². The molecule has 1 atom stereocenters. The largest absolute Gasteiger partial charge is 0.331 e. The molecule has 4 heteroatoms. The van der Waals surface area contributed by atoms with E-state index in [-0.39, 0.29) is 6.04 Å². The number of nitrogens with zero attached hydrogens (tertiary/aromatic N) is 2. The molecule has 2 aromatic carbocycles. The fourth-order valence-corrected chi connectivity index (χ4v) is 3.20. The summed E-state index contributed by atoms with van der Waals surface area (Å²) in [6.45, 7) is 2.08. The Bertz CT molecular complexity index is 792. The van der Waals surface area contributed by atoms with E-state index in [4.69, 9.17) is 10.7 Å². The van der Waals surface area contributed by atoms with Crippen LogP contribution in [-0.2, 0) is 13.5 Å². The molecule has 21 heavy (non-hydrogen) atoms. The molecule has 0 aliphatic rings. The van der Waals surface area contributed by atoms with Crippen LogP contribution in [0.15, 0.2) is 46.9 Å². The second-order valence-corrected chi connectivity index (χ2v) is 6.16. The third kappa shape index (κ3) is 2.61. The number of benzene rings is 2. The first-order valence-corrected chi connectivity index (χ1v) is 7.78. The van der Waals surface area contributed by atoms with Crippen molar-refractivity contribution in [3.63, 3.8) is 0 Å². The summed E-state index contributed by atoms with van der Waals surface area (Å²) in [7, 11) is 2.04. The highest BCUT2D eigenvalue weighted by molar-refractivity contribution is 9.10. The van der Waals surface area contributed by atoms with Crippen molar-refractivity contribution in [1.82, 2.24) is 9.55 Å². The average Bonchev–Trinajstić information content (AvgIpc) is 2.79. The van der Waals surface area contributed by atoms with Crippen LogP contribution in [0.1, 0.15) is 23.0 Å². The van der Waals surface area contributed by atoms with E-state index in [0.717, 1.165) is 26.9 Å². The average molecular weight is 344 g/mol. The number of para-hydroxylation sites is 2. The van der Waals surface area contributed by atoms with Crippen molar-refractivity contribution in [2.24, 2.45) is 12.8 Å². The number of hydrogen-bond acceptors (Lipinski definition) is 2. The standard InChI is InChI=1S/C17H18BrN3/c1-11-6-5-7-12(17(11)18)13(19)10-16-20-14-8-3-4-9-15(14)21(16)2/h3-9,13H,10,19H2,1-2H3. The quantitative estimate of drug-likeness (QED) is 0.783. The Morgan fingerprint density at radius 1 is 1.19 bits per heavy atom. The number of rotatable bonds is 3. The lowest BCUT2D eigenvalue weighted by atomic mass is 10.0. The smallest absolute Gasteiger partial charge is 0.111 e. The Morgan fingerprint density at radius 2 is 1.95 bits per heavy atom. The van der Waals surface area contributed by atoms with Gasteiger partial charge in [-0.2, -0.15) is 0 Å². The Kier molecular flexibility index (Phi) is 3.83. The Morgan fingerprint density at radius 3 is 2.71 bits per heavy atom. The van der Waals surface area contributed by atoms with Crippen LogP contribution in [0.2, 0.25) is 0 Å². The SMILES string of the molecule is Cc1cccc(C(N)Cc2nc3ccccc3n2C)c1Br. The number of aryl methyl sites for hydroxylation is 2. The maximum atomic E-state index is 6.40. The molecule has 3 rings (SSSR count). The van der Waals surface area contributed by atoms with E-state index in [1.165, 1.54) is 5.56 Å². The van der Waals surface area contributed by atoms with Crippen LogP contribution in [0.4, 0.5) is 0 Å². The van der Waals surface area contributed by atoms with Crippen molar-refractivity contribution in [2.75, 3.05) is 0 Å². The second kappa shape index (κ2) is 5.62. The van der Waals surface area contributed by atoms with Crippen LogP contribution in [0.5, 0.6) is 0 Å².